The fraction of sp³-hybridized carbons (Fsp3) is 0.304. The van der Waals surface area contributed by atoms with Crippen LogP contribution in [0.4, 0.5) is 0 Å². The Labute approximate surface area is 187 Å². The molecule has 1 aliphatic rings. The topological polar surface area (TPSA) is 99.5 Å². The third kappa shape index (κ3) is 5.00. The molecule has 32 heavy (non-hydrogen) atoms. The van der Waals surface area contributed by atoms with Crippen LogP contribution in [0.1, 0.15) is 37.1 Å². The summed E-state index contributed by atoms with van der Waals surface area (Å²) in [7, 11) is -3.80. The Hall–Kier alpha value is -3.17. The van der Waals surface area contributed by atoms with E-state index < -0.39 is 16.1 Å². The zero-order valence-electron chi connectivity index (χ0n) is 17.7. The van der Waals surface area contributed by atoms with Crippen LogP contribution in [-0.4, -0.2) is 30.8 Å². The van der Waals surface area contributed by atoms with Gasteiger partial charge in [-0.1, -0.05) is 24.3 Å². The zero-order chi connectivity index (χ0) is 22.6. The van der Waals surface area contributed by atoms with E-state index in [1.54, 1.807) is 42.1 Å². The van der Waals surface area contributed by atoms with Crippen LogP contribution in [-0.2, 0) is 32.5 Å². The summed E-state index contributed by atoms with van der Waals surface area (Å²) in [5.41, 5.74) is 1.65. The monoisotopic (exact) mass is 455 g/mol. The predicted molar refractivity (Wildman–Crippen MR) is 118 cm³/mol. The summed E-state index contributed by atoms with van der Waals surface area (Å²) in [6.07, 6.45) is 3.80. The molecule has 2 aromatic carbocycles. The molecule has 0 saturated heterocycles. The first-order valence-corrected chi connectivity index (χ1v) is 12.0. The molecule has 0 radical (unpaired) electrons. The molecule has 1 aliphatic carbocycles. The Kier molecular flexibility index (Phi) is 6.57. The third-order valence-electron chi connectivity index (χ3n) is 5.24. The van der Waals surface area contributed by atoms with Crippen molar-refractivity contribution >= 4 is 16.0 Å². The van der Waals surface area contributed by atoms with Gasteiger partial charge in [0.05, 0.1) is 23.7 Å². The second-order valence-electron chi connectivity index (χ2n) is 7.47. The molecule has 1 N–H and O–H groups in total. The van der Waals surface area contributed by atoms with Gasteiger partial charge in [0.25, 0.3) is 0 Å². The van der Waals surface area contributed by atoms with Crippen LogP contribution >= 0.6 is 0 Å². The van der Waals surface area contributed by atoms with Gasteiger partial charge in [0, 0.05) is 17.3 Å². The molecule has 9 heteroatoms. The van der Waals surface area contributed by atoms with Gasteiger partial charge >= 0.3 is 5.97 Å². The molecule has 1 aromatic heterocycles. The highest BCUT2D eigenvalue weighted by atomic mass is 32.2. The van der Waals surface area contributed by atoms with Crippen LogP contribution < -0.4 is 9.46 Å². The quantitative estimate of drug-likeness (QED) is 0.521. The summed E-state index contributed by atoms with van der Waals surface area (Å²) in [5.74, 6) is 0.697. The average molecular weight is 456 g/mol. The van der Waals surface area contributed by atoms with Gasteiger partial charge in [0.2, 0.25) is 10.0 Å². The number of carbonyl (C=O) groups excluding carboxylic acids is 1. The molecule has 1 heterocycles. The predicted octanol–water partition coefficient (Wildman–Crippen LogP) is 3.59. The number of aromatic nitrogens is 2. The van der Waals surface area contributed by atoms with Gasteiger partial charge in [-0.2, -0.15) is 5.10 Å². The minimum Gasteiger partial charge on any atom is -0.465 e. The lowest BCUT2D eigenvalue weighted by molar-refractivity contribution is -0.144. The van der Waals surface area contributed by atoms with Gasteiger partial charge in [-0.15, -0.1) is 0 Å². The minimum atomic E-state index is -3.80. The van der Waals surface area contributed by atoms with E-state index in [1.165, 1.54) is 12.1 Å². The fourth-order valence-electron chi connectivity index (χ4n) is 3.79. The number of nitrogens with zero attached hydrogens (tertiary/aromatic N) is 2. The zero-order valence-corrected chi connectivity index (χ0v) is 18.5. The first-order valence-electron chi connectivity index (χ1n) is 10.5. The molecule has 0 saturated carbocycles. The molecule has 1 atom stereocenters. The normalized spacial score (nSPS) is 15.7. The molecule has 0 amide bonds. The molecule has 4 rings (SSSR count). The standard InChI is InChI=1S/C23H25N3O5S/c1-2-30-23(27)16-26-22-13-7-12-21(20(22)15-24-26)25-32(28,29)19-11-6-10-18(14-19)31-17-8-4-3-5-9-17/h3-6,8-11,14-15,21,25H,2,7,12-13,16H2,1H3. The molecule has 168 valence electrons. The van der Waals surface area contributed by atoms with Crippen molar-refractivity contribution < 1.29 is 22.7 Å². The molecule has 1 unspecified atom stereocenters. The van der Waals surface area contributed by atoms with Crippen LogP contribution in [0.2, 0.25) is 0 Å². The van der Waals surface area contributed by atoms with E-state index in [2.05, 4.69) is 9.82 Å². The average Bonchev–Trinajstić information content (AvgIpc) is 3.18. The van der Waals surface area contributed by atoms with E-state index in [4.69, 9.17) is 9.47 Å². The number of carbonyl (C=O) groups is 1. The van der Waals surface area contributed by atoms with Crippen LogP contribution in [0.3, 0.4) is 0 Å². The lowest BCUT2D eigenvalue weighted by atomic mass is 9.94. The highest BCUT2D eigenvalue weighted by Gasteiger charge is 2.29. The Morgan fingerprint density at radius 2 is 1.94 bits per heavy atom. The number of esters is 1. The van der Waals surface area contributed by atoms with Gasteiger partial charge in [0.15, 0.2) is 0 Å². The highest BCUT2D eigenvalue weighted by Crippen LogP contribution is 2.32. The van der Waals surface area contributed by atoms with Crippen molar-refractivity contribution in [3.63, 3.8) is 0 Å². The largest absolute Gasteiger partial charge is 0.465 e. The minimum absolute atomic E-state index is 0.0154. The second kappa shape index (κ2) is 9.54. The summed E-state index contributed by atoms with van der Waals surface area (Å²) in [6, 6.07) is 15.2. The molecule has 0 fully saturated rings. The first kappa shape index (κ1) is 22.0. The summed E-state index contributed by atoms with van der Waals surface area (Å²) in [4.78, 5) is 12.0. The van der Waals surface area contributed by atoms with Crippen molar-refractivity contribution in [2.24, 2.45) is 0 Å². The Morgan fingerprint density at radius 3 is 2.72 bits per heavy atom. The smallest absolute Gasteiger partial charge is 0.327 e. The molecular weight excluding hydrogens is 430 g/mol. The van der Waals surface area contributed by atoms with Crippen LogP contribution in [0.5, 0.6) is 11.5 Å². The summed E-state index contributed by atoms with van der Waals surface area (Å²) >= 11 is 0. The van der Waals surface area contributed by atoms with Crippen molar-refractivity contribution in [2.75, 3.05) is 6.61 Å². The van der Waals surface area contributed by atoms with Gasteiger partial charge < -0.3 is 9.47 Å². The summed E-state index contributed by atoms with van der Waals surface area (Å²) < 4.78 is 41.4. The van der Waals surface area contributed by atoms with Gasteiger partial charge in [-0.05, 0) is 50.5 Å². The van der Waals surface area contributed by atoms with Gasteiger partial charge in [0.1, 0.15) is 18.0 Å². The lowest BCUT2D eigenvalue weighted by Gasteiger charge is -2.24. The Balaban J connectivity index is 1.52. The number of sulfonamides is 1. The number of ether oxygens (including phenoxy) is 2. The van der Waals surface area contributed by atoms with Gasteiger partial charge in [-0.25, -0.2) is 13.1 Å². The lowest BCUT2D eigenvalue weighted by Crippen LogP contribution is -2.31. The first-order chi connectivity index (χ1) is 15.5. The number of rotatable bonds is 8. The van der Waals surface area contributed by atoms with Crippen LogP contribution in [0.15, 0.2) is 65.7 Å². The molecular formula is C23H25N3O5S. The maximum absolute atomic E-state index is 13.1. The molecule has 8 nitrogen and oxygen atoms in total. The summed E-state index contributed by atoms with van der Waals surface area (Å²) in [6.45, 7) is 2.07. The van der Waals surface area contributed by atoms with E-state index in [0.29, 0.717) is 24.5 Å². The van der Waals surface area contributed by atoms with Crippen molar-refractivity contribution in [2.45, 2.75) is 43.7 Å². The summed E-state index contributed by atoms with van der Waals surface area (Å²) in [5, 5.41) is 4.30. The Bertz CT molecular complexity index is 1190. The van der Waals surface area contributed by atoms with Gasteiger partial charge in [-0.3, -0.25) is 9.48 Å². The molecule has 0 aliphatic heterocycles. The van der Waals surface area contributed by atoms with Crippen molar-refractivity contribution in [1.82, 2.24) is 14.5 Å². The number of hydrogen-bond donors (Lipinski definition) is 1. The molecule has 0 spiro atoms. The molecule has 0 bridgehead atoms. The maximum atomic E-state index is 13.1. The number of benzene rings is 2. The van der Waals surface area contributed by atoms with E-state index in [9.17, 15) is 13.2 Å². The fourth-order valence-corrected chi connectivity index (χ4v) is 5.08. The van der Waals surface area contributed by atoms with E-state index >= 15 is 0 Å². The Morgan fingerprint density at radius 1 is 1.16 bits per heavy atom. The number of para-hydroxylation sites is 1. The SMILES string of the molecule is CCOC(=O)Cn1ncc2c1CCCC2NS(=O)(=O)c1cccc(Oc2ccccc2)c1. The number of hydrogen-bond acceptors (Lipinski definition) is 6. The maximum Gasteiger partial charge on any atom is 0.327 e. The van der Waals surface area contributed by atoms with Crippen molar-refractivity contribution in [3.05, 3.63) is 72.1 Å². The number of nitrogens with one attached hydrogen (secondary N) is 1. The van der Waals surface area contributed by atoms with E-state index in [1.807, 2.05) is 18.2 Å². The highest BCUT2D eigenvalue weighted by molar-refractivity contribution is 7.89. The van der Waals surface area contributed by atoms with Crippen molar-refractivity contribution in [1.29, 1.82) is 0 Å². The van der Waals surface area contributed by atoms with E-state index in [-0.39, 0.29) is 17.4 Å². The van der Waals surface area contributed by atoms with Crippen molar-refractivity contribution in [3.8, 4) is 11.5 Å². The third-order valence-corrected chi connectivity index (χ3v) is 6.71. The van der Waals surface area contributed by atoms with Crippen LogP contribution in [0.25, 0.3) is 0 Å². The van der Waals surface area contributed by atoms with Crippen LogP contribution in [0, 0.1) is 0 Å². The molecule has 3 aromatic rings. The van der Waals surface area contributed by atoms with E-state index in [0.717, 1.165) is 24.1 Å². The number of fused-ring (bicyclic) bond motifs is 1. The second-order valence-corrected chi connectivity index (χ2v) is 9.18.